The van der Waals surface area contributed by atoms with Crippen molar-refractivity contribution in [1.29, 1.82) is 0 Å². The fourth-order valence-electron chi connectivity index (χ4n) is 3.75. The highest BCUT2D eigenvalue weighted by Gasteiger charge is 2.19. The molecule has 2 aliphatic heterocycles. The van der Waals surface area contributed by atoms with E-state index in [0.717, 1.165) is 62.0 Å². The maximum Gasteiger partial charge on any atom is 0.262 e. The lowest BCUT2D eigenvalue weighted by atomic mass is 10.1. The molecule has 7 nitrogen and oxygen atoms in total. The molecule has 2 aromatic rings. The van der Waals surface area contributed by atoms with Gasteiger partial charge in [0.05, 0.1) is 37.8 Å². The van der Waals surface area contributed by atoms with Crippen LogP contribution in [0.3, 0.4) is 0 Å². The second kappa shape index (κ2) is 9.82. The Morgan fingerprint density at radius 3 is 2.37 bits per heavy atom. The number of benzene rings is 2. The number of carbonyl (C=O) groups excluding carboxylic acids is 1. The van der Waals surface area contributed by atoms with E-state index in [2.05, 4.69) is 27.2 Å². The van der Waals surface area contributed by atoms with E-state index in [1.54, 1.807) is 0 Å². The van der Waals surface area contributed by atoms with Crippen molar-refractivity contribution in [3.63, 3.8) is 0 Å². The molecule has 2 aliphatic rings. The largest absolute Gasteiger partial charge is 0.484 e. The molecule has 2 aromatic carbocycles. The van der Waals surface area contributed by atoms with Gasteiger partial charge in [-0.15, -0.1) is 0 Å². The third kappa shape index (κ3) is 5.23. The van der Waals surface area contributed by atoms with E-state index >= 15 is 0 Å². The third-order valence-corrected chi connectivity index (χ3v) is 5.34. The van der Waals surface area contributed by atoms with Crippen LogP contribution in [0.5, 0.6) is 5.75 Å². The van der Waals surface area contributed by atoms with Crippen LogP contribution in [0.4, 0.5) is 17.1 Å². The Kier molecular flexibility index (Phi) is 6.71. The average Bonchev–Trinajstić information content (AvgIpc) is 2.79. The second-order valence-electron chi connectivity index (χ2n) is 7.55. The zero-order valence-electron chi connectivity index (χ0n) is 17.4. The zero-order chi connectivity index (χ0) is 20.8. The number of hydrogen-bond acceptors (Lipinski definition) is 6. The molecule has 0 radical (unpaired) electrons. The molecule has 4 rings (SSSR count). The molecule has 2 saturated heterocycles. The molecule has 7 heteroatoms. The van der Waals surface area contributed by atoms with Crippen LogP contribution in [-0.2, 0) is 14.3 Å². The number of amides is 1. The van der Waals surface area contributed by atoms with Crippen molar-refractivity contribution in [2.75, 3.05) is 74.3 Å². The van der Waals surface area contributed by atoms with Crippen LogP contribution in [0.25, 0.3) is 0 Å². The minimum Gasteiger partial charge on any atom is -0.484 e. The SMILES string of the molecule is Cc1cccc(OCC(=O)Nc2ccc(N3CCOCC3)cc2N2CCOCC2)c1. The maximum atomic E-state index is 12.6. The molecule has 2 fully saturated rings. The van der Waals surface area contributed by atoms with Gasteiger partial charge in [0.25, 0.3) is 5.91 Å². The molecule has 0 bridgehead atoms. The summed E-state index contributed by atoms with van der Waals surface area (Å²) in [4.78, 5) is 17.2. The summed E-state index contributed by atoms with van der Waals surface area (Å²) in [5.74, 6) is 0.520. The van der Waals surface area contributed by atoms with Crippen molar-refractivity contribution in [3.05, 3.63) is 48.0 Å². The van der Waals surface area contributed by atoms with E-state index in [4.69, 9.17) is 14.2 Å². The minimum absolute atomic E-state index is 0.0305. The van der Waals surface area contributed by atoms with Crippen LogP contribution in [0.15, 0.2) is 42.5 Å². The summed E-state index contributed by atoms with van der Waals surface area (Å²) in [5.41, 5.74) is 4.06. The Labute approximate surface area is 177 Å². The molecule has 30 heavy (non-hydrogen) atoms. The molecular weight excluding hydrogens is 382 g/mol. The Hall–Kier alpha value is -2.77. The number of nitrogens with one attached hydrogen (secondary N) is 1. The molecular formula is C23H29N3O4. The van der Waals surface area contributed by atoms with Crippen LogP contribution < -0.4 is 19.9 Å². The zero-order valence-corrected chi connectivity index (χ0v) is 17.4. The summed E-state index contributed by atoms with van der Waals surface area (Å²) in [6.45, 7) is 8.16. The third-order valence-electron chi connectivity index (χ3n) is 5.34. The summed E-state index contributed by atoms with van der Waals surface area (Å²) < 4.78 is 16.6. The van der Waals surface area contributed by atoms with Gasteiger partial charge < -0.3 is 29.3 Å². The van der Waals surface area contributed by atoms with Crippen molar-refractivity contribution in [1.82, 2.24) is 0 Å². The Bertz CT molecular complexity index is 861. The average molecular weight is 412 g/mol. The van der Waals surface area contributed by atoms with Crippen LogP contribution in [0.2, 0.25) is 0 Å². The quantitative estimate of drug-likeness (QED) is 0.789. The van der Waals surface area contributed by atoms with Crippen LogP contribution in [0.1, 0.15) is 5.56 Å². The smallest absolute Gasteiger partial charge is 0.262 e. The highest BCUT2D eigenvalue weighted by molar-refractivity contribution is 5.96. The Balaban J connectivity index is 1.48. The van der Waals surface area contributed by atoms with Crippen LogP contribution in [0, 0.1) is 6.92 Å². The van der Waals surface area contributed by atoms with Gasteiger partial charge in [-0.3, -0.25) is 4.79 Å². The number of carbonyl (C=O) groups is 1. The van der Waals surface area contributed by atoms with Gasteiger partial charge in [0, 0.05) is 31.9 Å². The molecule has 160 valence electrons. The molecule has 0 unspecified atom stereocenters. The molecule has 0 aromatic heterocycles. The monoisotopic (exact) mass is 411 g/mol. The van der Waals surface area contributed by atoms with Gasteiger partial charge in [0.15, 0.2) is 6.61 Å². The minimum atomic E-state index is -0.176. The Morgan fingerprint density at radius 2 is 1.67 bits per heavy atom. The number of aryl methyl sites for hydroxylation is 1. The maximum absolute atomic E-state index is 12.6. The first-order valence-corrected chi connectivity index (χ1v) is 10.5. The summed E-state index contributed by atoms with van der Waals surface area (Å²) >= 11 is 0. The highest BCUT2D eigenvalue weighted by Crippen LogP contribution is 2.32. The fourth-order valence-corrected chi connectivity index (χ4v) is 3.75. The lowest BCUT2D eigenvalue weighted by Crippen LogP contribution is -2.38. The molecule has 1 amide bonds. The molecule has 0 saturated carbocycles. The molecule has 1 N–H and O–H groups in total. The van der Waals surface area contributed by atoms with E-state index in [9.17, 15) is 4.79 Å². The van der Waals surface area contributed by atoms with E-state index in [1.165, 1.54) is 0 Å². The summed E-state index contributed by atoms with van der Waals surface area (Å²) in [6.07, 6.45) is 0. The van der Waals surface area contributed by atoms with Crippen molar-refractivity contribution < 1.29 is 19.0 Å². The number of hydrogen-bond donors (Lipinski definition) is 1. The van der Waals surface area contributed by atoms with Gasteiger partial charge >= 0.3 is 0 Å². The van der Waals surface area contributed by atoms with E-state index in [-0.39, 0.29) is 12.5 Å². The van der Waals surface area contributed by atoms with Gasteiger partial charge in [-0.25, -0.2) is 0 Å². The predicted molar refractivity (Wildman–Crippen MR) is 118 cm³/mol. The van der Waals surface area contributed by atoms with Crippen LogP contribution >= 0.6 is 0 Å². The number of morpholine rings is 2. The summed E-state index contributed by atoms with van der Waals surface area (Å²) in [7, 11) is 0. The standard InChI is InChI=1S/C23H29N3O4/c1-18-3-2-4-20(15-18)30-17-23(27)24-21-6-5-19(25-7-11-28-12-8-25)16-22(21)26-9-13-29-14-10-26/h2-6,15-16H,7-14,17H2,1H3,(H,24,27). The molecule has 0 spiro atoms. The second-order valence-corrected chi connectivity index (χ2v) is 7.55. The van der Waals surface area contributed by atoms with Gasteiger partial charge in [0.1, 0.15) is 5.75 Å². The van der Waals surface area contributed by atoms with Crippen molar-refractivity contribution >= 4 is 23.0 Å². The fraction of sp³-hybridized carbons (Fsp3) is 0.435. The first-order valence-electron chi connectivity index (χ1n) is 10.5. The van der Waals surface area contributed by atoms with Crippen molar-refractivity contribution in [2.45, 2.75) is 6.92 Å². The van der Waals surface area contributed by atoms with Crippen LogP contribution in [-0.4, -0.2) is 65.1 Å². The Morgan fingerprint density at radius 1 is 0.967 bits per heavy atom. The van der Waals surface area contributed by atoms with Gasteiger partial charge in [-0.1, -0.05) is 12.1 Å². The molecule has 0 aliphatic carbocycles. The van der Waals surface area contributed by atoms with E-state index < -0.39 is 0 Å². The lowest BCUT2D eigenvalue weighted by Gasteiger charge is -2.33. The normalized spacial score (nSPS) is 17.0. The van der Waals surface area contributed by atoms with E-state index in [1.807, 2.05) is 37.3 Å². The lowest BCUT2D eigenvalue weighted by molar-refractivity contribution is -0.118. The van der Waals surface area contributed by atoms with Crippen molar-refractivity contribution in [2.24, 2.45) is 0 Å². The predicted octanol–water partition coefficient (Wildman–Crippen LogP) is 2.69. The molecule has 2 heterocycles. The first kappa shape index (κ1) is 20.5. The van der Waals surface area contributed by atoms with Gasteiger partial charge in [0.2, 0.25) is 0 Å². The molecule has 0 atom stereocenters. The first-order chi connectivity index (χ1) is 14.7. The van der Waals surface area contributed by atoms with Gasteiger partial charge in [-0.2, -0.15) is 0 Å². The van der Waals surface area contributed by atoms with Gasteiger partial charge in [-0.05, 0) is 42.8 Å². The highest BCUT2D eigenvalue weighted by atomic mass is 16.5. The number of anilines is 3. The number of nitrogens with zero attached hydrogens (tertiary/aromatic N) is 2. The number of rotatable bonds is 6. The number of ether oxygens (including phenoxy) is 3. The van der Waals surface area contributed by atoms with E-state index in [0.29, 0.717) is 19.0 Å². The van der Waals surface area contributed by atoms with Crippen molar-refractivity contribution in [3.8, 4) is 5.75 Å². The summed E-state index contributed by atoms with van der Waals surface area (Å²) in [5, 5.41) is 3.03. The topological polar surface area (TPSA) is 63.3 Å². The summed E-state index contributed by atoms with van der Waals surface area (Å²) in [6, 6.07) is 13.9.